The minimum atomic E-state index is -0.863. The van der Waals surface area contributed by atoms with Crippen LogP contribution in [0.3, 0.4) is 0 Å². The Labute approximate surface area is 116 Å². The Morgan fingerprint density at radius 1 is 0.895 bits per heavy atom. The van der Waals surface area contributed by atoms with E-state index in [9.17, 15) is 5.11 Å². The van der Waals surface area contributed by atoms with Crippen LogP contribution in [0.1, 0.15) is 32.1 Å². The van der Waals surface area contributed by atoms with Crippen molar-refractivity contribution in [1.82, 2.24) is 0 Å². The van der Waals surface area contributed by atoms with Gasteiger partial charge in [-0.2, -0.15) is 0 Å². The SMILES string of the molecule is C=CCCCCC/C=C/C(O)C#CC#CC(O)C=C. The molecule has 2 nitrogen and oxygen atoms in total. The minimum Gasteiger partial charge on any atom is -0.377 e. The first kappa shape index (κ1) is 17.3. The third-order valence-electron chi connectivity index (χ3n) is 2.32. The van der Waals surface area contributed by atoms with Crippen molar-refractivity contribution in [3.63, 3.8) is 0 Å². The lowest BCUT2D eigenvalue weighted by atomic mass is 10.1. The average Bonchev–Trinajstić information content (AvgIpc) is 2.42. The number of unbranched alkanes of at least 4 members (excludes halogenated alkanes) is 4. The largest absolute Gasteiger partial charge is 0.377 e. The molecule has 2 unspecified atom stereocenters. The van der Waals surface area contributed by atoms with Gasteiger partial charge in [0.1, 0.15) is 12.2 Å². The molecule has 0 fully saturated rings. The molecule has 0 rings (SSSR count). The Balaban J connectivity index is 3.80. The zero-order chi connectivity index (χ0) is 14.3. The molecule has 2 atom stereocenters. The van der Waals surface area contributed by atoms with Gasteiger partial charge in [0.05, 0.1) is 0 Å². The fourth-order valence-corrected chi connectivity index (χ4v) is 1.28. The molecule has 0 aromatic rings. The maximum absolute atomic E-state index is 9.49. The van der Waals surface area contributed by atoms with E-state index in [0.29, 0.717) is 0 Å². The van der Waals surface area contributed by atoms with Gasteiger partial charge in [0.15, 0.2) is 0 Å². The van der Waals surface area contributed by atoms with Crippen LogP contribution in [-0.2, 0) is 0 Å². The molecule has 0 saturated carbocycles. The van der Waals surface area contributed by atoms with E-state index >= 15 is 0 Å². The molecule has 0 amide bonds. The van der Waals surface area contributed by atoms with E-state index in [1.807, 2.05) is 12.2 Å². The lowest BCUT2D eigenvalue weighted by Gasteiger charge is -1.96. The van der Waals surface area contributed by atoms with E-state index in [1.54, 1.807) is 6.08 Å². The Kier molecular flexibility index (Phi) is 11.5. The Morgan fingerprint density at radius 2 is 1.53 bits per heavy atom. The van der Waals surface area contributed by atoms with Gasteiger partial charge in [0.25, 0.3) is 0 Å². The molecule has 2 N–H and O–H groups in total. The van der Waals surface area contributed by atoms with Crippen molar-refractivity contribution >= 4 is 0 Å². The highest BCUT2D eigenvalue weighted by molar-refractivity contribution is 5.31. The maximum atomic E-state index is 9.49. The smallest absolute Gasteiger partial charge is 0.134 e. The summed E-state index contributed by atoms with van der Waals surface area (Å²) in [5, 5.41) is 18.5. The quantitative estimate of drug-likeness (QED) is 0.399. The number of hydrogen-bond acceptors (Lipinski definition) is 2. The van der Waals surface area contributed by atoms with Gasteiger partial charge in [-0.05, 0) is 43.6 Å². The topological polar surface area (TPSA) is 40.5 Å². The highest BCUT2D eigenvalue weighted by atomic mass is 16.3. The van der Waals surface area contributed by atoms with E-state index < -0.39 is 12.2 Å². The molecule has 0 spiro atoms. The van der Waals surface area contributed by atoms with E-state index in [1.165, 1.54) is 18.9 Å². The zero-order valence-corrected chi connectivity index (χ0v) is 11.3. The monoisotopic (exact) mass is 258 g/mol. The molecular weight excluding hydrogens is 236 g/mol. The Morgan fingerprint density at radius 3 is 2.16 bits per heavy atom. The third-order valence-corrected chi connectivity index (χ3v) is 2.32. The Bertz CT molecular complexity index is 398. The number of aliphatic hydroxyl groups excluding tert-OH is 2. The van der Waals surface area contributed by atoms with Crippen molar-refractivity contribution in [1.29, 1.82) is 0 Å². The summed E-state index contributed by atoms with van der Waals surface area (Å²) in [6.07, 6.45) is 10.6. The molecular formula is C17H22O2. The van der Waals surface area contributed by atoms with Gasteiger partial charge in [-0.25, -0.2) is 0 Å². The van der Waals surface area contributed by atoms with Crippen molar-refractivity contribution in [3.8, 4) is 23.7 Å². The van der Waals surface area contributed by atoms with Crippen molar-refractivity contribution in [3.05, 3.63) is 37.5 Å². The summed E-state index contributed by atoms with van der Waals surface area (Å²) in [5.74, 6) is 9.96. The molecule has 0 bridgehead atoms. The number of hydrogen-bond donors (Lipinski definition) is 2. The second-order valence-corrected chi connectivity index (χ2v) is 4.02. The van der Waals surface area contributed by atoms with Crippen molar-refractivity contribution in [2.75, 3.05) is 0 Å². The number of allylic oxidation sites excluding steroid dienone is 2. The molecule has 0 aliphatic carbocycles. The van der Waals surface area contributed by atoms with Gasteiger partial charge < -0.3 is 10.2 Å². The highest BCUT2D eigenvalue weighted by Gasteiger charge is 1.90. The van der Waals surface area contributed by atoms with Gasteiger partial charge in [0, 0.05) is 0 Å². The summed E-state index contributed by atoms with van der Waals surface area (Å²) >= 11 is 0. The summed E-state index contributed by atoms with van der Waals surface area (Å²) in [6.45, 7) is 7.06. The fraction of sp³-hybridized carbons (Fsp3) is 0.412. The predicted molar refractivity (Wildman–Crippen MR) is 80.2 cm³/mol. The van der Waals surface area contributed by atoms with Crippen molar-refractivity contribution in [2.45, 2.75) is 44.3 Å². The van der Waals surface area contributed by atoms with E-state index in [4.69, 9.17) is 5.11 Å². The Hall–Kier alpha value is -1.74. The lowest BCUT2D eigenvalue weighted by molar-refractivity contribution is 0.280. The maximum Gasteiger partial charge on any atom is 0.134 e. The van der Waals surface area contributed by atoms with Gasteiger partial charge in [-0.15, -0.1) is 6.58 Å². The standard InChI is InChI=1S/C17H22O2/c1-3-5-6-7-8-9-10-14-17(19)15-12-11-13-16(18)4-2/h3-4,10,14,16-19H,1-2,5-9H2/b14-10+. The van der Waals surface area contributed by atoms with E-state index in [2.05, 4.69) is 36.8 Å². The summed E-state index contributed by atoms with van der Waals surface area (Å²) in [7, 11) is 0. The van der Waals surface area contributed by atoms with Crippen LogP contribution in [0.4, 0.5) is 0 Å². The predicted octanol–water partition coefficient (Wildman–Crippen LogP) is 2.59. The first-order valence-corrected chi connectivity index (χ1v) is 6.48. The van der Waals surface area contributed by atoms with Crippen LogP contribution in [0.15, 0.2) is 37.5 Å². The molecule has 0 aliphatic heterocycles. The molecule has 19 heavy (non-hydrogen) atoms. The first-order chi connectivity index (χ1) is 9.20. The second kappa shape index (κ2) is 12.7. The van der Waals surface area contributed by atoms with E-state index in [0.717, 1.165) is 19.3 Å². The molecule has 0 aromatic heterocycles. The van der Waals surface area contributed by atoms with Crippen LogP contribution in [-0.4, -0.2) is 22.4 Å². The highest BCUT2D eigenvalue weighted by Crippen LogP contribution is 2.04. The lowest BCUT2D eigenvalue weighted by Crippen LogP contribution is -1.97. The number of rotatable bonds is 8. The first-order valence-electron chi connectivity index (χ1n) is 6.48. The second-order valence-electron chi connectivity index (χ2n) is 4.02. The molecule has 0 aromatic carbocycles. The van der Waals surface area contributed by atoms with Crippen molar-refractivity contribution < 1.29 is 10.2 Å². The van der Waals surface area contributed by atoms with Crippen LogP contribution in [0.5, 0.6) is 0 Å². The molecule has 0 radical (unpaired) electrons. The molecule has 102 valence electrons. The van der Waals surface area contributed by atoms with Gasteiger partial charge in [-0.3, -0.25) is 0 Å². The zero-order valence-electron chi connectivity index (χ0n) is 11.3. The third kappa shape index (κ3) is 12.5. The normalized spacial score (nSPS) is 12.7. The van der Waals surface area contributed by atoms with Crippen molar-refractivity contribution in [2.24, 2.45) is 0 Å². The molecule has 2 heteroatoms. The summed E-state index contributed by atoms with van der Waals surface area (Å²) < 4.78 is 0. The average molecular weight is 258 g/mol. The van der Waals surface area contributed by atoms with Crippen LogP contribution in [0.2, 0.25) is 0 Å². The van der Waals surface area contributed by atoms with E-state index in [-0.39, 0.29) is 0 Å². The van der Waals surface area contributed by atoms with Crippen LogP contribution >= 0.6 is 0 Å². The molecule has 0 heterocycles. The fourth-order valence-electron chi connectivity index (χ4n) is 1.28. The van der Waals surface area contributed by atoms with Crippen LogP contribution in [0.25, 0.3) is 0 Å². The van der Waals surface area contributed by atoms with Crippen LogP contribution in [0, 0.1) is 23.7 Å². The molecule has 0 aliphatic rings. The van der Waals surface area contributed by atoms with Crippen LogP contribution < -0.4 is 0 Å². The number of aliphatic hydroxyl groups is 2. The van der Waals surface area contributed by atoms with Gasteiger partial charge >= 0.3 is 0 Å². The molecule has 0 saturated heterocycles. The van der Waals surface area contributed by atoms with Gasteiger partial charge in [-0.1, -0.05) is 43.1 Å². The van der Waals surface area contributed by atoms with Gasteiger partial charge in [0.2, 0.25) is 0 Å². The minimum absolute atomic E-state index is 0.802. The summed E-state index contributed by atoms with van der Waals surface area (Å²) in [5.41, 5.74) is 0. The summed E-state index contributed by atoms with van der Waals surface area (Å²) in [4.78, 5) is 0. The summed E-state index contributed by atoms with van der Waals surface area (Å²) in [6, 6.07) is 0.